The van der Waals surface area contributed by atoms with E-state index in [1.807, 2.05) is 31.2 Å². The molecule has 0 saturated heterocycles. The van der Waals surface area contributed by atoms with E-state index in [4.69, 9.17) is 15.4 Å². The average Bonchev–Trinajstić information content (AvgIpc) is 2.84. The molecule has 0 radical (unpaired) electrons. The minimum atomic E-state index is -0.0609. The molecule has 112 valence electrons. The molecule has 0 amide bonds. The maximum Gasteiger partial charge on any atom is 0.124 e. The molecule has 0 aliphatic heterocycles. The second kappa shape index (κ2) is 7.21. The van der Waals surface area contributed by atoms with Gasteiger partial charge in [0.15, 0.2) is 0 Å². The molecule has 21 heavy (non-hydrogen) atoms. The van der Waals surface area contributed by atoms with E-state index in [1.165, 1.54) is 0 Å². The van der Waals surface area contributed by atoms with Crippen LogP contribution in [0.2, 0.25) is 0 Å². The van der Waals surface area contributed by atoms with E-state index < -0.39 is 0 Å². The number of aromatic nitrogens is 2. The van der Waals surface area contributed by atoms with Gasteiger partial charge in [0.05, 0.1) is 36.2 Å². The van der Waals surface area contributed by atoms with Crippen LogP contribution >= 0.6 is 0 Å². The van der Waals surface area contributed by atoms with Gasteiger partial charge in [0.2, 0.25) is 0 Å². The summed E-state index contributed by atoms with van der Waals surface area (Å²) in [6.45, 7) is 6.95. The van der Waals surface area contributed by atoms with Crippen LogP contribution in [0, 0.1) is 17.2 Å². The van der Waals surface area contributed by atoms with Crippen molar-refractivity contribution in [1.29, 1.82) is 5.26 Å². The van der Waals surface area contributed by atoms with Gasteiger partial charge in [0, 0.05) is 13.1 Å². The van der Waals surface area contributed by atoms with E-state index in [9.17, 15) is 0 Å². The minimum absolute atomic E-state index is 0.0609. The Balaban J connectivity index is 2.36. The lowest BCUT2D eigenvalue weighted by Gasteiger charge is -2.20. The van der Waals surface area contributed by atoms with Gasteiger partial charge in [-0.15, -0.1) is 0 Å². The lowest BCUT2D eigenvalue weighted by atomic mass is 10.2. The van der Waals surface area contributed by atoms with Crippen molar-refractivity contribution in [2.45, 2.75) is 26.9 Å². The third kappa shape index (κ3) is 3.60. The summed E-state index contributed by atoms with van der Waals surface area (Å²) in [7, 11) is 0. The number of imidazole rings is 1. The van der Waals surface area contributed by atoms with Crippen LogP contribution in [0.3, 0.4) is 0 Å². The zero-order chi connectivity index (χ0) is 15.2. The number of aliphatic hydroxyl groups is 1. The van der Waals surface area contributed by atoms with Gasteiger partial charge >= 0.3 is 0 Å². The molecule has 0 fully saturated rings. The Morgan fingerprint density at radius 1 is 1.43 bits per heavy atom. The number of fused-ring (bicyclic) bond motifs is 1. The lowest BCUT2D eigenvalue weighted by Crippen LogP contribution is -2.28. The van der Waals surface area contributed by atoms with Crippen LogP contribution in [-0.2, 0) is 13.1 Å². The molecule has 0 bridgehead atoms. The summed E-state index contributed by atoms with van der Waals surface area (Å²) in [6, 6.07) is 10.3. The molecule has 1 atom stereocenters. The van der Waals surface area contributed by atoms with Crippen molar-refractivity contribution >= 4 is 11.0 Å². The van der Waals surface area contributed by atoms with Crippen LogP contribution in [0.1, 0.15) is 19.7 Å². The first kappa shape index (κ1) is 15.5. The molecule has 1 N–H and O–H groups in total. The topological polar surface area (TPSA) is 65.1 Å². The Kier molecular flexibility index (Phi) is 5.32. The second-order valence-corrected chi connectivity index (χ2v) is 5.25. The van der Waals surface area contributed by atoms with E-state index >= 15 is 0 Å². The first-order chi connectivity index (χ1) is 10.2. The van der Waals surface area contributed by atoms with Crippen LogP contribution < -0.4 is 0 Å². The van der Waals surface area contributed by atoms with E-state index in [0.717, 1.165) is 23.4 Å². The highest BCUT2D eigenvalue weighted by Crippen LogP contribution is 2.19. The number of nitriles is 1. The van der Waals surface area contributed by atoms with Crippen LogP contribution in [0.4, 0.5) is 0 Å². The van der Waals surface area contributed by atoms with Gasteiger partial charge in [-0.3, -0.25) is 4.90 Å². The summed E-state index contributed by atoms with van der Waals surface area (Å²) in [5, 5.41) is 18.2. The van der Waals surface area contributed by atoms with Gasteiger partial charge in [0.25, 0.3) is 0 Å². The number of hydrogen-bond donors (Lipinski definition) is 1. The second-order valence-electron chi connectivity index (χ2n) is 5.25. The molecule has 5 nitrogen and oxygen atoms in total. The van der Waals surface area contributed by atoms with Crippen molar-refractivity contribution in [3.05, 3.63) is 30.1 Å². The van der Waals surface area contributed by atoms with E-state index in [-0.39, 0.29) is 12.5 Å². The predicted octanol–water partition coefficient (Wildman–Crippen LogP) is 2.01. The fourth-order valence-electron chi connectivity index (χ4n) is 2.45. The maximum absolute atomic E-state index is 9.13. The molecule has 0 aliphatic carbocycles. The van der Waals surface area contributed by atoms with Crippen molar-refractivity contribution in [2.75, 3.05) is 19.7 Å². The summed E-state index contributed by atoms with van der Waals surface area (Å²) >= 11 is 0. The predicted molar refractivity (Wildman–Crippen MR) is 82.5 cm³/mol. The normalized spacial score (nSPS) is 12.7. The Morgan fingerprint density at radius 3 is 2.86 bits per heavy atom. The molecular weight excluding hydrogens is 264 g/mol. The zero-order valence-corrected chi connectivity index (χ0v) is 12.7. The Hall–Kier alpha value is -1.90. The smallest absolute Gasteiger partial charge is 0.124 e. The summed E-state index contributed by atoms with van der Waals surface area (Å²) in [5.41, 5.74) is 2.02. The average molecular weight is 286 g/mol. The molecule has 2 rings (SSSR count). The molecule has 1 heterocycles. The molecule has 1 unspecified atom stereocenters. The SMILES string of the molecule is CCN(CCO)Cc1nc2ccccc2n1CC(C)C#N. The largest absolute Gasteiger partial charge is 0.395 e. The van der Waals surface area contributed by atoms with Gasteiger partial charge in [0.1, 0.15) is 5.82 Å². The fourth-order valence-corrected chi connectivity index (χ4v) is 2.45. The third-order valence-corrected chi connectivity index (χ3v) is 3.64. The maximum atomic E-state index is 9.13. The molecule has 0 spiro atoms. The van der Waals surface area contributed by atoms with Gasteiger partial charge < -0.3 is 9.67 Å². The van der Waals surface area contributed by atoms with Crippen molar-refractivity contribution < 1.29 is 5.11 Å². The molecule has 0 aliphatic rings. The van der Waals surface area contributed by atoms with Crippen molar-refractivity contribution in [1.82, 2.24) is 14.5 Å². The number of aliphatic hydroxyl groups excluding tert-OH is 1. The van der Waals surface area contributed by atoms with Crippen molar-refractivity contribution in [3.8, 4) is 6.07 Å². The van der Waals surface area contributed by atoms with Gasteiger partial charge in [-0.25, -0.2) is 4.98 Å². The van der Waals surface area contributed by atoms with Gasteiger partial charge in [-0.05, 0) is 25.6 Å². The molecule has 5 heteroatoms. The highest BCUT2D eigenvalue weighted by atomic mass is 16.3. The summed E-state index contributed by atoms with van der Waals surface area (Å²) in [5.74, 6) is 0.892. The van der Waals surface area contributed by atoms with Crippen molar-refractivity contribution in [2.24, 2.45) is 5.92 Å². The monoisotopic (exact) mass is 286 g/mol. The summed E-state index contributed by atoms with van der Waals surface area (Å²) in [4.78, 5) is 6.85. The first-order valence-corrected chi connectivity index (χ1v) is 7.36. The minimum Gasteiger partial charge on any atom is -0.395 e. The van der Waals surface area contributed by atoms with Crippen molar-refractivity contribution in [3.63, 3.8) is 0 Å². The number of likely N-dealkylation sites (N-methyl/N-ethyl adjacent to an activating group) is 1. The third-order valence-electron chi connectivity index (χ3n) is 3.64. The molecule has 1 aromatic carbocycles. The quantitative estimate of drug-likeness (QED) is 0.845. The number of para-hydroxylation sites is 2. The van der Waals surface area contributed by atoms with Crippen LogP contribution in [0.25, 0.3) is 11.0 Å². The lowest BCUT2D eigenvalue weighted by molar-refractivity contribution is 0.192. The molecule has 0 saturated carbocycles. The summed E-state index contributed by atoms with van der Waals surface area (Å²) in [6.07, 6.45) is 0. The first-order valence-electron chi connectivity index (χ1n) is 7.36. The number of benzene rings is 1. The Bertz CT molecular complexity index is 629. The summed E-state index contributed by atoms with van der Waals surface area (Å²) < 4.78 is 2.13. The van der Waals surface area contributed by atoms with Gasteiger partial charge in [-0.1, -0.05) is 19.1 Å². The fraction of sp³-hybridized carbons (Fsp3) is 0.500. The van der Waals surface area contributed by atoms with Gasteiger partial charge in [-0.2, -0.15) is 5.26 Å². The molecule has 1 aromatic heterocycles. The zero-order valence-electron chi connectivity index (χ0n) is 12.7. The highest BCUT2D eigenvalue weighted by Gasteiger charge is 2.15. The highest BCUT2D eigenvalue weighted by molar-refractivity contribution is 5.75. The van der Waals surface area contributed by atoms with Crippen LogP contribution in [0.15, 0.2) is 24.3 Å². The van der Waals surface area contributed by atoms with Crippen LogP contribution in [0.5, 0.6) is 0 Å². The standard InChI is InChI=1S/C16H22N4O/c1-3-19(8-9-21)12-16-18-14-6-4-5-7-15(14)20(16)11-13(2)10-17/h4-7,13,21H,3,8-9,11-12H2,1-2H3. The molecule has 2 aromatic rings. The van der Waals surface area contributed by atoms with E-state index in [2.05, 4.69) is 22.5 Å². The Labute approximate surface area is 125 Å². The molecular formula is C16H22N4O. The number of nitrogens with zero attached hydrogens (tertiary/aromatic N) is 4. The number of hydrogen-bond acceptors (Lipinski definition) is 4. The van der Waals surface area contributed by atoms with Crippen LogP contribution in [-0.4, -0.2) is 39.3 Å². The number of rotatable bonds is 7. The Morgan fingerprint density at radius 2 is 2.19 bits per heavy atom. The van der Waals surface area contributed by atoms with E-state index in [1.54, 1.807) is 0 Å². The van der Waals surface area contributed by atoms with E-state index in [0.29, 0.717) is 19.6 Å².